The van der Waals surface area contributed by atoms with E-state index in [2.05, 4.69) is 31.1 Å². The van der Waals surface area contributed by atoms with E-state index < -0.39 is 5.82 Å². The Labute approximate surface area is 118 Å². The molecular weight excluding hydrogens is 259 g/mol. The Balaban J connectivity index is 2.16. The lowest BCUT2D eigenvalue weighted by atomic mass is 10.1. The van der Waals surface area contributed by atoms with E-state index in [0.29, 0.717) is 18.0 Å². The number of nitrogens with one attached hydrogen (secondary N) is 1. The van der Waals surface area contributed by atoms with Crippen molar-refractivity contribution < 1.29 is 13.5 Å². The van der Waals surface area contributed by atoms with Gasteiger partial charge in [0.1, 0.15) is 6.26 Å². The Kier molecular flexibility index (Phi) is 4.09. The lowest BCUT2D eigenvalue weighted by Crippen LogP contribution is -2.35. The van der Waals surface area contributed by atoms with Crippen molar-refractivity contribution in [2.75, 3.05) is 7.11 Å². The average Bonchev–Trinajstić information content (AvgIpc) is 2.85. The van der Waals surface area contributed by atoms with Gasteiger partial charge in [0, 0.05) is 17.6 Å². The standard InChI is InChI=1S/C15H19FN2O2/c1-15(2,3)17-8-11-9-20-14(18-11)10-5-6-12(16)13(7-10)19-4/h5-7,9,17H,8H2,1-4H3. The van der Waals surface area contributed by atoms with Crippen molar-refractivity contribution in [1.82, 2.24) is 10.3 Å². The summed E-state index contributed by atoms with van der Waals surface area (Å²) >= 11 is 0. The van der Waals surface area contributed by atoms with Crippen LogP contribution in [-0.4, -0.2) is 17.6 Å². The number of methoxy groups -OCH3 is 1. The van der Waals surface area contributed by atoms with Gasteiger partial charge < -0.3 is 14.5 Å². The first kappa shape index (κ1) is 14.5. The van der Waals surface area contributed by atoms with E-state index in [-0.39, 0.29) is 11.3 Å². The molecule has 2 aromatic rings. The van der Waals surface area contributed by atoms with E-state index in [4.69, 9.17) is 9.15 Å². The van der Waals surface area contributed by atoms with Crippen molar-refractivity contribution in [1.29, 1.82) is 0 Å². The smallest absolute Gasteiger partial charge is 0.226 e. The summed E-state index contributed by atoms with van der Waals surface area (Å²) in [5.74, 6) is 0.224. The molecule has 4 nitrogen and oxygen atoms in total. The zero-order valence-corrected chi connectivity index (χ0v) is 12.2. The number of halogens is 1. The minimum atomic E-state index is -0.405. The number of rotatable bonds is 4. The lowest BCUT2D eigenvalue weighted by molar-refractivity contribution is 0.386. The van der Waals surface area contributed by atoms with Crippen molar-refractivity contribution in [3.63, 3.8) is 0 Å². The molecule has 0 bridgehead atoms. The number of aromatic nitrogens is 1. The molecule has 0 saturated heterocycles. The van der Waals surface area contributed by atoms with Crippen LogP contribution >= 0.6 is 0 Å². The fraction of sp³-hybridized carbons (Fsp3) is 0.400. The highest BCUT2D eigenvalue weighted by Crippen LogP contribution is 2.25. The van der Waals surface area contributed by atoms with Crippen LogP contribution in [0.4, 0.5) is 4.39 Å². The number of hydrogen-bond donors (Lipinski definition) is 1. The molecule has 1 N–H and O–H groups in total. The molecular formula is C15H19FN2O2. The van der Waals surface area contributed by atoms with Gasteiger partial charge in [-0.1, -0.05) is 0 Å². The summed E-state index contributed by atoms with van der Waals surface area (Å²) in [7, 11) is 1.43. The van der Waals surface area contributed by atoms with Gasteiger partial charge in [-0.05, 0) is 39.0 Å². The SMILES string of the molecule is COc1cc(-c2nc(CNC(C)(C)C)co2)ccc1F. The summed E-state index contributed by atoms with van der Waals surface area (Å²) in [4.78, 5) is 4.38. The fourth-order valence-corrected chi connectivity index (χ4v) is 1.67. The zero-order valence-electron chi connectivity index (χ0n) is 12.2. The normalized spacial score (nSPS) is 11.7. The van der Waals surface area contributed by atoms with Crippen LogP contribution in [0, 0.1) is 5.82 Å². The molecule has 20 heavy (non-hydrogen) atoms. The number of oxazole rings is 1. The van der Waals surface area contributed by atoms with Gasteiger partial charge in [-0.3, -0.25) is 0 Å². The monoisotopic (exact) mass is 278 g/mol. The molecule has 108 valence electrons. The van der Waals surface area contributed by atoms with Crippen LogP contribution in [0.25, 0.3) is 11.5 Å². The number of nitrogens with zero attached hydrogens (tertiary/aromatic N) is 1. The predicted octanol–water partition coefficient (Wildman–Crippen LogP) is 3.38. The Hall–Kier alpha value is -1.88. The molecule has 0 fully saturated rings. The largest absolute Gasteiger partial charge is 0.494 e. The molecule has 0 radical (unpaired) electrons. The maximum Gasteiger partial charge on any atom is 0.226 e. The number of ether oxygens (including phenoxy) is 1. The molecule has 0 atom stereocenters. The van der Waals surface area contributed by atoms with E-state index in [1.807, 2.05) is 0 Å². The quantitative estimate of drug-likeness (QED) is 0.931. The molecule has 0 spiro atoms. The topological polar surface area (TPSA) is 47.3 Å². The first-order valence-corrected chi connectivity index (χ1v) is 6.42. The maximum atomic E-state index is 13.4. The van der Waals surface area contributed by atoms with Gasteiger partial charge in [-0.15, -0.1) is 0 Å². The Morgan fingerprint density at radius 2 is 2.10 bits per heavy atom. The van der Waals surface area contributed by atoms with Crippen LogP contribution in [0.15, 0.2) is 28.9 Å². The molecule has 0 saturated carbocycles. The lowest BCUT2D eigenvalue weighted by Gasteiger charge is -2.19. The molecule has 2 rings (SSSR count). The third kappa shape index (κ3) is 3.57. The van der Waals surface area contributed by atoms with E-state index >= 15 is 0 Å². The van der Waals surface area contributed by atoms with Crippen LogP contribution in [0.2, 0.25) is 0 Å². The number of hydrogen-bond acceptors (Lipinski definition) is 4. The van der Waals surface area contributed by atoms with Crippen LogP contribution in [0.3, 0.4) is 0 Å². The van der Waals surface area contributed by atoms with Crippen molar-refractivity contribution in [3.8, 4) is 17.2 Å². The first-order chi connectivity index (χ1) is 9.39. The second-order valence-corrected chi connectivity index (χ2v) is 5.60. The molecule has 5 heteroatoms. The fourth-order valence-electron chi connectivity index (χ4n) is 1.67. The number of benzene rings is 1. The third-order valence-electron chi connectivity index (χ3n) is 2.75. The highest BCUT2D eigenvalue weighted by Gasteiger charge is 2.13. The molecule has 0 aliphatic heterocycles. The second-order valence-electron chi connectivity index (χ2n) is 5.60. The van der Waals surface area contributed by atoms with Gasteiger partial charge in [-0.25, -0.2) is 9.37 Å². The van der Waals surface area contributed by atoms with Crippen LogP contribution < -0.4 is 10.1 Å². The molecule has 1 aromatic carbocycles. The van der Waals surface area contributed by atoms with Crippen LogP contribution in [0.5, 0.6) is 5.75 Å². The summed E-state index contributed by atoms with van der Waals surface area (Å²) < 4.78 is 23.7. The Bertz CT molecular complexity index is 588. The van der Waals surface area contributed by atoms with Gasteiger partial charge in [-0.2, -0.15) is 0 Å². The molecule has 1 heterocycles. The Morgan fingerprint density at radius 3 is 2.75 bits per heavy atom. The van der Waals surface area contributed by atoms with Crippen molar-refractivity contribution >= 4 is 0 Å². The molecule has 0 aliphatic rings. The maximum absolute atomic E-state index is 13.4. The van der Waals surface area contributed by atoms with Crippen molar-refractivity contribution in [2.24, 2.45) is 0 Å². The van der Waals surface area contributed by atoms with Crippen molar-refractivity contribution in [3.05, 3.63) is 36.0 Å². The average molecular weight is 278 g/mol. The molecule has 0 amide bonds. The van der Waals surface area contributed by atoms with Gasteiger partial charge >= 0.3 is 0 Å². The summed E-state index contributed by atoms with van der Waals surface area (Å²) in [5, 5.41) is 3.33. The van der Waals surface area contributed by atoms with Crippen LogP contribution in [0.1, 0.15) is 26.5 Å². The summed E-state index contributed by atoms with van der Waals surface area (Å²) in [6, 6.07) is 4.53. The minimum absolute atomic E-state index is 0.0121. The van der Waals surface area contributed by atoms with Crippen molar-refractivity contribution in [2.45, 2.75) is 32.9 Å². The minimum Gasteiger partial charge on any atom is -0.494 e. The van der Waals surface area contributed by atoms with Gasteiger partial charge in [0.15, 0.2) is 11.6 Å². The highest BCUT2D eigenvalue weighted by atomic mass is 19.1. The third-order valence-corrected chi connectivity index (χ3v) is 2.75. The van der Waals surface area contributed by atoms with Gasteiger partial charge in [0.25, 0.3) is 0 Å². The van der Waals surface area contributed by atoms with Gasteiger partial charge in [0.05, 0.1) is 12.8 Å². The highest BCUT2D eigenvalue weighted by molar-refractivity contribution is 5.56. The second kappa shape index (κ2) is 5.63. The molecule has 1 aromatic heterocycles. The predicted molar refractivity (Wildman–Crippen MR) is 75.0 cm³/mol. The van der Waals surface area contributed by atoms with E-state index in [1.165, 1.54) is 13.2 Å². The first-order valence-electron chi connectivity index (χ1n) is 6.42. The van der Waals surface area contributed by atoms with E-state index in [0.717, 1.165) is 5.69 Å². The van der Waals surface area contributed by atoms with E-state index in [1.54, 1.807) is 18.4 Å². The summed E-state index contributed by atoms with van der Waals surface area (Å²) in [6.45, 7) is 6.86. The van der Waals surface area contributed by atoms with E-state index in [9.17, 15) is 4.39 Å². The molecule has 0 unspecified atom stereocenters. The zero-order chi connectivity index (χ0) is 14.8. The summed E-state index contributed by atoms with van der Waals surface area (Å²) in [6.07, 6.45) is 1.60. The van der Waals surface area contributed by atoms with Crippen LogP contribution in [-0.2, 0) is 6.54 Å². The summed E-state index contributed by atoms with van der Waals surface area (Å²) in [5.41, 5.74) is 1.50. The molecule has 0 aliphatic carbocycles. The van der Waals surface area contributed by atoms with Gasteiger partial charge in [0.2, 0.25) is 5.89 Å². The Morgan fingerprint density at radius 1 is 1.35 bits per heavy atom.